The zero-order valence-corrected chi connectivity index (χ0v) is 14.9. The van der Waals surface area contributed by atoms with E-state index in [0.29, 0.717) is 6.04 Å². The minimum absolute atomic E-state index is 0. The van der Waals surface area contributed by atoms with E-state index >= 15 is 0 Å². The molecule has 1 aliphatic rings. The third kappa shape index (κ3) is 6.56. The van der Waals surface area contributed by atoms with Gasteiger partial charge in [0.15, 0.2) is 0 Å². The Labute approximate surface area is 142 Å². The van der Waals surface area contributed by atoms with Gasteiger partial charge in [0.05, 0.1) is 0 Å². The lowest BCUT2D eigenvalue weighted by molar-refractivity contribution is 0.162. The Kier molecular flexibility index (Phi) is 11.2. The highest BCUT2D eigenvalue weighted by atomic mass is 35.5. The van der Waals surface area contributed by atoms with Crippen molar-refractivity contribution in [3.05, 3.63) is 35.4 Å². The van der Waals surface area contributed by atoms with Crippen molar-refractivity contribution < 1.29 is 0 Å². The van der Waals surface area contributed by atoms with Gasteiger partial charge < -0.3 is 5.32 Å². The van der Waals surface area contributed by atoms with Gasteiger partial charge in [0.2, 0.25) is 0 Å². The first-order chi connectivity index (χ1) is 9.31. The van der Waals surface area contributed by atoms with Crippen molar-refractivity contribution in [1.29, 1.82) is 0 Å². The van der Waals surface area contributed by atoms with Gasteiger partial charge in [-0.3, -0.25) is 4.90 Å². The van der Waals surface area contributed by atoms with E-state index in [2.05, 4.69) is 48.3 Å². The Morgan fingerprint density at radius 1 is 1.14 bits per heavy atom. The molecule has 0 spiro atoms. The summed E-state index contributed by atoms with van der Waals surface area (Å²) >= 11 is 0. The number of nitrogens with zero attached hydrogens (tertiary/aromatic N) is 1. The smallest absolute Gasteiger partial charge is 0.0349 e. The van der Waals surface area contributed by atoms with Crippen LogP contribution in [0.2, 0.25) is 0 Å². The van der Waals surface area contributed by atoms with Crippen LogP contribution >= 0.6 is 24.8 Å². The van der Waals surface area contributed by atoms with E-state index in [1.807, 2.05) is 0 Å². The quantitative estimate of drug-likeness (QED) is 0.778. The first kappa shape index (κ1) is 20.7. The molecule has 1 aliphatic heterocycles. The standard InChI is InChI=1S/C17H28N2.2ClH/c1-3-4-5-9-17(19-12-10-18-11-13-19)16-8-6-7-15(2)14-16;;/h6-8,14,17-18H,3-5,9-13H2,1-2H3;2*1H/t17-;;/m0../s1. The predicted molar refractivity (Wildman–Crippen MR) is 97.0 cm³/mol. The number of benzene rings is 1. The number of rotatable bonds is 6. The van der Waals surface area contributed by atoms with Crippen molar-refractivity contribution in [3.8, 4) is 0 Å². The number of piperazine rings is 1. The average Bonchev–Trinajstić information content (AvgIpc) is 2.45. The lowest BCUT2D eigenvalue weighted by Crippen LogP contribution is -2.45. The summed E-state index contributed by atoms with van der Waals surface area (Å²) < 4.78 is 0. The van der Waals surface area contributed by atoms with Crippen molar-refractivity contribution in [2.45, 2.75) is 45.6 Å². The zero-order chi connectivity index (χ0) is 13.5. The van der Waals surface area contributed by atoms with E-state index in [9.17, 15) is 0 Å². The van der Waals surface area contributed by atoms with Gasteiger partial charge >= 0.3 is 0 Å². The van der Waals surface area contributed by atoms with Crippen LogP contribution in [0, 0.1) is 6.92 Å². The molecule has 1 heterocycles. The van der Waals surface area contributed by atoms with Crippen molar-refractivity contribution in [2.75, 3.05) is 26.2 Å². The molecule has 1 saturated heterocycles. The van der Waals surface area contributed by atoms with Gasteiger partial charge in [-0.15, -0.1) is 24.8 Å². The van der Waals surface area contributed by atoms with Gasteiger partial charge in [-0.1, -0.05) is 56.0 Å². The molecule has 1 atom stereocenters. The maximum absolute atomic E-state index is 3.46. The summed E-state index contributed by atoms with van der Waals surface area (Å²) in [6, 6.07) is 9.71. The molecular weight excluding hydrogens is 303 g/mol. The van der Waals surface area contributed by atoms with Crippen LogP contribution in [0.1, 0.15) is 49.8 Å². The van der Waals surface area contributed by atoms with E-state index in [4.69, 9.17) is 0 Å². The third-order valence-electron chi connectivity index (χ3n) is 4.10. The van der Waals surface area contributed by atoms with Crippen LogP contribution in [0.15, 0.2) is 24.3 Å². The Morgan fingerprint density at radius 3 is 2.48 bits per heavy atom. The van der Waals surface area contributed by atoms with Gasteiger partial charge in [-0.05, 0) is 18.9 Å². The van der Waals surface area contributed by atoms with Crippen molar-refractivity contribution in [3.63, 3.8) is 0 Å². The number of nitrogens with one attached hydrogen (secondary N) is 1. The molecule has 2 rings (SSSR count). The normalized spacial score (nSPS) is 16.7. The first-order valence-corrected chi connectivity index (χ1v) is 7.82. The van der Waals surface area contributed by atoms with E-state index in [1.165, 1.54) is 49.9 Å². The zero-order valence-electron chi connectivity index (χ0n) is 13.3. The lowest BCUT2D eigenvalue weighted by Gasteiger charge is -2.35. The summed E-state index contributed by atoms with van der Waals surface area (Å²) in [5, 5.41) is 3.46. The Bertz CT molecular complexity index is 379. The molecule has 0 unspecified atom stereocenters. The Morgan fingerprint density at radius 2 is 1.86 bits per heavy atom. The first-order valence-electron chi connectivity index (χ1n) is 7.82. The van der Waals surface area contributed by atoms with Crippen molar-refractivity contribution >= 4 is 24.8 Å². The third-order valence-corrected chi connectivity index (χ3v) is 4.10. The van der Waals surface area contributed by atoms with Crippen LogP contribution in [0.5, 0.6) is 0 Å². The second kappa shape index (κ2) is 11.3. The highest BCUT2D eigenvalue weighted by Gasteiger charge is 2.21. The molecule has 4 heteroatoms. The maximum Gasteiger partial charge on any atom is 0.0349 e. The molecule has 0 amide bonds. The van der Waals surface area contributed by atoms with Gasteiger partial charge in [0.25, 0.3) is 0 Å². The number of halogens is 2. The second-order valence-corrected chi connectivity index (χ2v) is 5.71. The molecule has 1 fully saturated rings. The second-order valence-electron chi connectivity index (χ2n) is 5.71. The fourth-order valence-corrected chi connectivity index (χ4v) is 3.02. The Balaban J connectivity index is 0.00000200. The Hall–Kier alpha value is -0.280. The minimum Gasteiger partial charge on any atom is -0.314 e. The molecule has 0 aromatic heterocycles. The summed E-state index contributed by atoms with van der Waals surface area (Å²) in [6.07, 6.45) is 5.31. The summed E-state index contributed by atoms with van der Waals surface area (Å²) in [6.45, 7) is 9.12. The van der Waals surface area contributed by atoms with Crippen molar-refractivity contribution in [1.82, 2.24) is 10.2 Å². The van der Waals surface area contributed by atoms with Gasteiger partial charge in [-0.2, -0.15) is 0 Å². The van der Waals surface area contributed by atoms with E-state index in [1.54, 1.807) is 0 Å². The molecule has 0 saturated carbocycles. The van der Waals surface area contributed by atoms with E-state index in [0.717, 1.165) is 13.1 Å². The number of aryl methyl sites for hydroxylation is 1. The minimum atomic E-state index is 0. The monoisotopic (exact) mass is 332 g/mol. The van der Waals surface area contributed by atoms with Crippen LogP contribution in [-0.2, 0) is 0 Å². The topological polar surface area (TPSA) is 15.3 Å². The summed E-state index contributed by atoms with van der Waals surface area (Å²) in [5.74, 6) is 0. The van der Waals surface area contributed by atoms with Crippen LogP contribution in [0.25, 0.3) is 0 Å². The molecule has 122 valence electrons. The molecule has 1 N–H and O–H groups in total. The molecule has 0 aliphatic carbocycles. The highest BCUT2D eigenvalue weighted by Crippen LogP contribution is 2.27. The molecule has 2 nitrogen and oxygen atoms in total. The predicted octanol–water partition coefficient (Wildman–Crippen LogP) is 4.37. The largest absolute Gasteiger partial charge is 0.314 e. The van der Waals surface area contributed by atoms with Gasteiger partial charge in [0.1, 0.15) is 0 Å². The SMILES string of the molecule is CCCCC[C@@H](c1cccc(C)c1)N1CCNCC1.Cl.Cl. The maximum atomic E-state index is 3.46. The van der Waals surface area contributed by atoms with Crippen LogP contribution in [-0.4, -0.2) is 31.1 Å². The average molecular weight is 333 g/mol. The highest BCUT2D eigenvalue weighted by molar-refractivity contribution is 5.85. The number of hydrogen-bond acceptors (Lipinski definition) is 2. The fourth-order valence-electron chi connectivity index (χ4n) is 3.02. The molecule has 1 aromatic rings. The lowest BCUT2D eigenvalue weighted by atomic mass is 9.97. The van der Waals surface area contributed by atoms with Crippen LogP contribution in [0.4, 0.5) is 0 Å². The van der Waals surface area contributed by atoms with Crippen LogP contribution < -0.4 is 5.32 Å². The molecule has 0 bridgehead atoms. The van der Waals surface area contributed by atoms with E-state index < -0.39 is 0 Å². The van der Waals surface area contributed by atoms with Gasteiger partial charge in [-0.25, -0.2) is 0 Å². The summed E-state index contributed by atoms with van der Waals surface area (Å²) in [5.41, 5.74) is 2.89. The van der Waals surface area contributed by atoms with Gasteiger partial charge in [0, 0.05) is 32.2 Å². The molecule has 1 aromatic carbocycles. The fraction of sp³-hybridized carbons (Fsp3) is 0.647. The van der Waals surface area contributed by atoms with E-state index in [-0.39, 0.29) is 24.8 Å². The summed E-state index contributed by atoms with van der Waals surface area (Å²) in [7, 11) is 0. The number of unbranched alkanes of at least 4 members (excludes halogenated alkanes) is 2. The summed E-state index contributed by atoms with van der Waals surface area (Å²) in [4.78, 5) is 2.67. The van der Waals surface area contributed by atoms with Crippen LogP contribution in [0.3, 0.4) is 0 Å². The molecule has 21 heavy (non-hydrogen) atoms. The molecule has 0 radical (unpaired) electrons. The molecular formula is C17H30Cl2N2. The number of hydrogen-bond donors (Lipinski definition) is 1. The van der Waals surface area contributed by atoms with Crippen molar-refractivity contribution in [2.24, 2.45) is 0 Å².